The Balaban J connectivity index is 2.45. The zero-order valence-corrected chi connectivity index (χ0v) is 9.99. The molecule has 1 aromatic rings. The molecule has 0 aliphatic carbocycles. The van der Waals surface area contributed by atoms with Gasteiger partial charge in [-0.25, -0.2) is 4.68 Å². The van der Waals surface area contributed by atoms with Crippen molar-refractivity contribution in [3.63, 3.8) is 0 Å². The van der Waals surface area contributed by atoms with E-state index in [2.05, 4.69) is 15.6 Å². The van der Waals surface area contributed by atoms with Crippen LogP contribution in [0.3, 0.4) is 0 Å². The molecule has 106 valence electrons. The number of amides is 2. The lowest BCUT2D eigenvalue weighted by molar-refractivity contribution is -0.138. The lowest BCUT2D eigenvalue weighted by Gasteiger charge is -2.07. The molecule has 10 heteroatoms. The molecule has 0 atom stereocenters. The molecule has 7 nitrogen and oxygen atoms in total. The highest BCUT2D eigenvalue weighted by Gasteiger charge is 2.27. The van der Waals surface area contributed by atoms with Crippen LogP contribution in [-0.4, -0.2) is 39.5 Å². The molecule has 0 bridgehead atoms. The Morgan fingerprint density at radius 2 is 2.05 bits per heavy atom. The van der Waals surface area contributed by atoms with E-state index < -0.39 is 25.2 Å². The Morgan fingerprint density at radius 3 is 2.63 bits per heavy atom. The summed E-state index contributed by atoms with van der Waals surface area (Å²) < 4.78 is 36.6. The number of halogens is 3. The van der Waals surface area contributed by atoms with Crippen molar-refractivity contribution in [1.29, 1.82) is 0 Å². The van der Waals surface area contributed by atoms with Crippen molar-refractivity contribution in [2.45, 2.75) is 26.1 Å². The van der Waals surface area contributed by atoms with E-state index in [0.717, 1.165) is 4.68 Å². The minimum absolute atomic E-state index is 0.135. The molecule has 0 fully saturated rings. The summed E-state index contributed by atoms with van der Waals surface area (Å²) >= 11 is 0. The van der Waals surface area contributed by atoms with Gasteiger partial charge >= 0.3 is 6.18 Å². The highest BCUT2D eigenvalue weighted by molar-refractivity contribution is 5.89. The Hall–Kier alpha value is -2.13. The van der Waals surface area contributed by atoms with Crippen LogP contribution in [0, 0.1) is 0 Å². The highest BCUT2D eigenvalue weighted by Crippen LogP contribution is 2.12. The summed E-state index contributed by atoms with van der Waals surface area (Å²) in [5.74, 6) is -1.00. The number of rotatable bonds is 5. The monoisotopic (exact) mass is 279 g/mol. The predicted molar refractivity (Wildman–Crippen MR) is 58.0 cm³/mol. The van der Waals surface area contributed by atoms with Gasteiger partial charge in [-0.1, -0.05) is 12.1 Å². The molecule has 0 unspecified atom stereocenters. The second kappa shape index (κ2) is 6.16. The number of alkyl halides is 3. The molecule has 0 spiro atoms. The summed E-state index contributed by atoms with van der Waals surface area (Å²) in [7, 11) is 0. The smallest absolute Gasteiger partial charge is 0.345 e. The Kier molecular flexibility index (Phi) is 4.84. The number of hydrogen-bond donors (Lipinski definition) is 2. The number of nitrogens with one attached hydrogen (secondary N) is 2. The van der Waals surface area contributed by atoms with Gasteiger partial charge in [0.15, 0.2) is 5.82 Å². The van der Waals surface area contributed by atoms with Crippen LogP contribution in [-0.2, 0) is 16.1 Å². The predicted octanol–water partition coefficient (Wildman–Crippen LogP) is 0.305. The average Bonchev–Trinajstić information content (AvgIpc) is 2.73. The summed E-state index contributed by atoms with van der Waals surface area (Å²) in [6.45, 7) is -0.171. The van der Waals surface area contributed by atoms with E-state index in [1.165, 1.54) is 6.20 Å². The minimum atomic E-state index is -4.46. The number of aromatic nitrogens is 3. The van der Waals surface area contributed by atoms with Gasteiger partial charge in [-0.15, -0.1) is 5.10 Å². The third kappa shape index (κ3) is 5.84. The fourth-order valence-electron chi connectivity index (χ4n) is 1.07. The highest BCUT2D eigenvalue weighted by atomic mass is 19.4. The molecule has 0 saturated heterocycles. The van der Waals surface area contributed by atoms with E-state index >= 15 is 0 Å². The first-order valence-electron chi connectivity index (χ1n) is 5.33. The Morgan fingerprint density at radius 1 is 1.37 bits per heavy atom. The first-order valence-corrected chi connectivity index (χ1v) is 5.33. The maximum Gasteiger partial charge on any atom is 0.405 e. The van der Waals surface area contributed by atoms with Gasteiger partial charge in [0.05, 0.1) is 6.20 Å². The second-order valence-electron chi connectivity index (χ2n) is 3.59. The molecule has 19 heavy (non-hydrogen) atoms. The van der Waals surface area contributed by atoms with Crippen LogP contribution < -0.4 is 10.6 Å². The van der Waals surface area contributed by atoms with Gasteiger partial charge in [0.25, 0.3) is 0 Å². The molecular formula is C9H12F3N5O2. The van der Waals surface area contributed by atoms with E-state index in [9.17, 15) is 22.8 Å². The van der Waals surface area contributed by atoms with Gasteiger partial charge in [-0.05, 0) is 0 Å². The molecule has 0 aliphatic rings. The topological polar surface area (TPSA) is 88.9 Å². The van der Waals surface area contributed by atoms with E-state index in [1.54, 1.807) is 12.2 Å². The molecule has 0 aromatic carbocycles. The van der Waals surface area contributed by atoms with Crippen LogP contribution in [0.15, 0.2) is 6.20 Å². The van der Waals surface area contributed by atoms with Gasteiger partial charge in [0.1, 0.15) is 13.1 Å². The van der Waals surface area contributed by atoms with Gasteiger partial charge in [0, 0.05) is 6.42 Å². The van der Waals surface area contributed by atoms with Crippen LogP contribution in [0.4, 0.5) is 19.0 Å². The molecule has 1 aromatic heterocycles. The second-order valence-corrected chi connectivity index (χ2v) is 3.59. The quantitative estimate of drug-likeness (QED) is 0.811. The summed E-state index contributed by atoms with van der Waals surface area (Å²) in [6.07, 6.45) is -2.96. The van der Waals surface area contributed by atoms with Crippen LogP contribution in [0.1, 0.15) is 13.3 Å². The van der Waals surface area contributed by atoms with Crippen molar-refractivity contribution in [2.24, 2.45) is 0 Å². The fraction of sp³-hybridized carbons (Fsp3) is 0.556. The van der Waals surface area contributed by atoms with Crippen LogP contribution in [0.2, 0.25) is 0 Å². The third-order valence-corrected chi connectivity index (χ3v) is 1.92. The lowest BCUT2D eigenvalue weighted by Crippen LogP contribution is -2.35. The number of carbonyl (C=O) groups excluding carboxylic acids is 2. The normalized spacial score (nSPS) is 11.2. The SMILES string of the molecule is CCC(=O)Nc1cn(CC(=O)NCC(F)(F)F)nn1. The molecule has 1 heterocycles. The lowest BCUT2D eigenvalue weighted by atomic mass is 10.4. The molecule has 0 radical (unpaired) electrons. The zero-order chi connectivity index (χ0) is 14.5. The average molecular weight is 279 g/mol. The Labute approximate surface area is 106 Å². The maximum absolute atomic E-state index is 11.8. The van der Waals surface area contributed by atoms with E-state index in [-0.39, 0.29) is 18.1 Å². The summed E-state index contributed by atoms with van der Waals surface area (Å²) in [5.41, 5.74) is 0. The summed E-state index contributed by atoms with van der Waals surface area (Å²) in [5, 5.41) is 11.1. The van der Waals surface area contributed by atoms with Crippen molar-refractivity contribution in [3.8, 4) is 0 Å². The summed E-state index contributed by atoms with van der Waals surface area (Å²) in [6, 6.07) is 0. The minimum Gasteiger partial charge on any atom is -0.345 e. The first-order chi connectivity index (χ1) is 8.80. The van der Waals surface area contributed by atoms with E-state index in [0.29, 0.717) is 0 Å². The zero-order valence-electron chi connectivity index (χ0n) is 9.99. The molecule has 0 saturated carbocycles. The number of nitrogens with zero attached hydrogens (tertiary/aromatic N) is 3. The fourth-order valence-corrected chi connectivity index (χ4v) is 1.07. The van der Waals surface area contributed by atoms with Gasteiger partial charge in [0.2, 0.25) is 11.8 Å². The summed E-state index contributed by atoms with van der Waals surface area (Å²) in [4.78, 5) is 22.2. The van der Waals surface area contributed by atoms with Crippen molar-refractivity contribution >= 4 is 17.6 Å². The number of hydrogen-bond acceptors (Lipinski definition) is 4. The molecule has 1 rings (SSSR count). The molecule has 0 aliphatic heterocycles. The van der Waals surface area contributed by atoms with E-state index in [4.69, 9.17) is 0 Å². The van der Waals surface area contributed by atoms with E-state index in [1.807, 2.05) is 0 Å². The standard InChI is InChI=1S/C9H12F3N5O2/c1-2-7(18)14-6-3-17(16-15-6)4-8(19)13-5-9(10,11)12/h3H,2,4-5H2,1H3,(H,13,19)(H,14,18). The van der Waals surface area contributed by atoms with Crippen LogP contribution >= 0.6 is 0 Å². The van der Waals surface area contributed by atoms with Crippen molar-refractivity contribution in [3.05, 3.63) is 6.20 Å². The largest absolute Gasteiger partial charge is 0.405 e. The Bertz CT molecular complexity index is 457. The molecule has 2 amide bonds. The maximum atomic E-state index is 11.8. The number of anilines is 1. The van der Waals surface area contributed by atoms with Gasteiger partial charge in [-0.3, -0.25) is 9.59 Å². The van der Waals surface area contributed by atoms with Gasteiger partial charge < -0.3 is 10.6 Å². The number of carbonyl (C=O) groups is 2. The van der Waals surface area contributed by atoms with Gasteiger partial charge in [-0.2, -0.15) is 13.2 Å². The van der Waals surface area contributed by atoms with Crippen LogP contribution in [0.25, 0.3) is 0 Å². The molecule has 2 N–H and O–H groups in total. The third-order valence-electron chi connectivity index (χ3n) is 1.92. The van der Waals surface area contributed by atoms with Crippen LogP contribution in [0.5, 0.6) is 0 Å². The van der Waals surface area contributed by atoms with Crippen molar-refractivity contribution in [1.82, 2.24) is 20.3 Å². The molecular weight excluding hydrogens is 267 g/mol. The van der Waals surface area contributed by atoms with Crippen molar-refractivity contribution in [2.75, 3.05) is 11.9 Å². The van der Waals surface area contributed by atoms with Crippen molar-refractivity contribution < 1.29 is 22.8 Å². The first kappa shape index (κ1) is 14.9.